The summed E-state index contributed by atoms with van der Waals surface area (Å²) in [5.41, 5.74) is -0.510. The van der Waals surface area contributed by atoms with Crippen molar-refractivity contribution in [1.82, 2.24) is 14.9 Å². The highest BCUT2D eigenvalue weighted by Crippen LogP contribution is 2.36. The minimum atomic E-state index is -0.805. The smallest absolute Gasteiger partial charge is 0.254 e. The summed E-state index contributed by atoms with van der Waals surface area (Å²) < 4.78 is 1.24. The molecule has 0 atom stereocenters. The van der Waals surface area contributed by atoms with Crippen LogP contribution in [0, 0.1) is 17.7 Å². The first-order valence-corrected chi connectivity index (χ1v) is 10.9. The van der Waals surface area contributed by atoms with E-state index in [1.807, 2.05) is 0 Å². The second-order valence-electron chi connectivity index (χ2n) is 9.27. The third-order valence-electron chi connectivity index (χ3n) is 5.55. The van der Waals surface area contributed by atoms with Crippen LogP contribution in [0.15, 0.2) is 29.1 Å². The van der Waals surface area contributed by atoms with E-state index in [-0.39, 0.29) is 18.2 Å². The third kappa shape index (κ3) is 5.48. The van der Waals surface area contributed by atoms with Crippen LogP contribution in [0.1, 0.15) is 39.4 Å². The van der Waals surface area contributed by atoms with Gasteiger partial charge in [0.15, 0.2) is 0 Å². The van der Waals surface area contributed by atoms with Crippen LogP contribution in [-0.2, 0) is 16.1 Å². The molecule has 176 valence electrons. The number of aliphatic hydroxyl groups is 1. The number of aryl methyl sites for hydroxylation is 1. The first kappa shape index (κ1) is 24.6. The van der Waals surface area contributed by atoms with E-state index in [9.17, 15) is 19.5 Å². The van der Waals surface area contributed by atoms with Gasteiger partial charge in [0, 0.05) is 22.1 Å². The molecule has 10 heteroatoms. The molecule has 2 amide bonds. The molecular formula is C23H28ClN5O4. The summed E-state index contributed by atoms with van der Waals surface area (Å²) in [6.45, 7) is 6.29. The molecule has 1 saturated carbocycles. The molecule has 3 rings (SSSR count). The Balaban J connectivity index is 1.88. The van der Waals surface area contributed by atoms with Gasteiger partial charge in [0.05, 0.1) is 29.2 Å². The summed E-state index contributed by atoms with van der Waals surface area (Å²) >= 11 is 6.12. The molecular weight excluding hydrogens is 446 g/mol. The molecule has 33 heavy (non-hydrogen) atoms. The van der Waals surface area contributed by atoms with Crippen molar-refractivity contribution in [1.29, 1.82) is 5.41 Å². The van der Waals surface area contributed by atoms with Crippen LogP contribution >= 0.6 is 11.6 Å². The highest BCUT2D eigenvalue weighted by Gasteiger charge is 2.47. The molecule has 0 radical (unpaired) electrons. The quantitative estimate of drug-likeness (QED) is 0.458. The first-order chi connectivity index (χ1) is 15.4. The van der Waals surface area contributed by atoms with Crippen LogP contribution in [0.5, 0.6) is 0 Å². The topological polar surface area (TPSA) is 137 Å². The Morgan fingerprint density at radius 1 is 1.27 bits per heavy atom. The van der Waals surface area contributed by atoms with E-state index in [4.69, 9.17) is 17.0 Å². The predicted octanol–water partition coefficient (Wildman–Crippen LogP) is 2.52. The van der Waals surface area contributed by atoms with Gasteiger partial charge in [-0.05, 0) is 38.0 Å². The van der Waals surface area contributed by atoms with Gasteiger partial charge in [0.1, 0.15) is 12.4 Å². The normalized spacial score (nSPS) is 14.5. The molecule has 1 aromatic heterocycles. The van der Waals surface area contributed by atoms with Gasteiger partial charge < -0.3 is 21.1 Å². The molecule has 1 fully saturated rings. The van der Waals surface area contributed by atoms with E-state index < -0.39 is 29.0 Å². The summed E-state index contributed by atoms with van der Waals surface area (Å²) in [4.78, 5) is 42.4. The highest BCUT2D eigenvalue weighted by atomic mass is 35.5. The van der Waals surface area contributed by atoms with Crippen LogP contribution in [-0.4, -0.2) is 44.3 Å². The lowest BCUT2D eigenvalue weighted by atomic mass is 9.95. The van der Waals surface area contributed by atoms with Crippen LogP contribution < -0.4 is 16.2 Å². The fourth-order valence-corrected chi connectivity index (χ4v) is 3.51. The number of carbonyl (C=O) groups is 2. The molecule has 1 aliphatic rings. The Morgan fingerprint density at radius 2 is 1.94 bits per heavy atom. The van der Waals surface area contributed by atoms with Crippen molar-refractivity contribution in [3.05, 3.63) is 45.5 Å². The van der Waals surface area contributed by atoms with Gasteiger partial charge in [-0.25, -0.2) is 4.98 Å². The molecule has 1 aromatic carbocycles. The largest absolute Gasteiger partial charge is 0.390 e. The zero-order chi connectivity index (χ0) is 24.6. The number of aliphatic hydroxyl groups excluding tert-OH is 1. The van der Waals surface area contributed by atoms with Crippen molar-refractivity contribution in [2.45, 2.75) is 52.6 Å². The van der Waals surface area contributed by atoms with Crippen molar-refractivity contribution >= 4 is 34.8 Å². The number of hydrogen-bond donors (Lipinski definition) is 4. The molecule has 0 saturated heterocycles. The van der Waals surface area contributed by atoms with Crippen molar-refractivity contribution in [3.63, 3.8) is 0 Å². The van der Waals surface area contributed by atoms with Crippen LogP contribution in [0.4, 0.5) is 5.69 Å². The Bertz CT molecular complexity index is 1180. The number of rotatable bonds is 7. The molecule has 1 aliphatic carbocycles. The fraction of sp³-hybridized carbons (Fsp3) is 0.435. The van der Waals surface area contributed by atoms with E-state index >= 15 is 0 Å². The van der Waals surface area contributed by atoms with Gasteiger partial charge in [0.25, 0.3) is 5.56 Å². The van der Waals surface area contributed by atoms with Gasteiger partial charge in [-0.2, -0.15) is 0 Å². The third-order valence-corrected chi connectivity index (χ3v) is 5.79. The second-order valence-corrected chi connectivity index (χ2v) is 9.71. The number of hydrogen-bond acceptors (Lipinski definition) is 6. The van der Waals surface area contributed by atoms with Crippen molar-refractivity contribution < 1.29 is 14.7 Å². The van der Waals surface area contributed by atoms with Gasteiger partial charge >= 0.3 is 0 Å². The minimum Gasteiger partial charge on any atom is -0.390 e. The maximum Gasteiger partial charge on any atom is 0.254 e. The van der Waals surface area contributed by atoms with Gasteiger partial charge in [-0.3, -0.25) is 19.0 Å². The summed E-state index contributed by atoms with van der Waals surface area (Å²) in [5, 5.41) is 23.0. The Morgan fingerprint density at radius 3 is 2.48 bits per heavy atom. The van der Waals surface area contributed by atoms with Crippen LogP contribution in [0.3, 0.4) is 0 Å². The number of nitrogens with zero attached hydrogens (tertiary/aromatic N) is 2. The minimum absolute atomic E-state index is 0.0564. The molecule has 0 spiro atoms. The van der Waals surface area contributed by atoms with Crippen LogP contribution in [0.25, 0.3) is 11.3 Å². The summed E-state index contributed by atoms with van der Waals surface area (Å²) in [6.07, 6.45) is 1.17. The van der Waals surface area contributed by atoms with Crippen molar-refractivity contribution in [3.8, 4) is 11.3 Å². The second kappa shape index (κ2) is 9.07. The first-order valence-electron chi connectivity index (χ1n) is 10.6. The maximum absolute atomic E-state index is 12.8. The molecule has 0 unspecified atom stereocenters. The average molecular weight is 474 g/mol. The fourth-order valence-electron chi connectivity index (χ4n) is 3.33. The molecule has 4 N–H and O–H groups in total. The number of halogens is 1. The van der Waals surface area contributed by atoms with Gasteiger partial charge in [0.2, 0.25) is 11.8 Å². The highest BCUT2D eigenvalue weighted by molar-refractivity contribution is 6.31. The monoisotopic (exact) mass is 473 g/mol. The molecule has 0 aliphatic heterocycles. The SMILES string of the molecule is Cc1nc(-c2ccc(Cl)cc2NC(=O)C(C)(C)C)cc(=O)n1CC(=O)NC1(C(=N)CO)CC1. The molecule has 2 aromatic rings. The van der Waals surface area contributed by atoms with Crippen LogP contribution in [0.2, 0.25) is 5.02 Å². The van der Waals surface area contributed by atoms with E-state index in [0.29, 0.717) is 40.6 Å². The van der Waals surface area contributed by atoms with E-state index in [2.05, 4.69) is 15.6 Å². The molecule has 9 nitrogen and oxygen atoms in total. The Labute approximate surface area is 196 Å². The van der Waals surface area contributed by atoms with E-state index in [1.165, 1.54) is 10.6 Å². The predicted molar refractivity (Wildman–Crippen MR) is 127 cm³/mol. The maximum atomic E-state index is 12.8. The average Bonchev–Trinajstić information content (AvgIpc) is 3.50. The summed E-state index contributed by atoms with van der Waals surface area (Å²) in [7, 11) is 0. The lowest BCUT2D eigenvalue weighted by Gasteiger charge is -2.20. The number of aromatic nitrogens is 2. The number of anilines is 1. The van der Waals surface area contributed by atoms with Gasteiger partial charge in [-0.1, -0.05) is 32.4 Å². The molecule has 0 bridgehead atoms. The summed E-state index contributed by atoms with van der Waals surface area (Å²) in [5.74, 6) is -0.331. The number of carbonyl (C=O) groups excluding carboxylic acids is 2. The number of benzene rings is 1. The Hall–Kier alpha value is -3.04. The lowest BCUT2D eigenvalue weighted by Crippen LogP contribution is -2.46. The van der Waals surface area contributed by atoms with Crippen molar-refractivity contribution in [2.24, 2.45) is 5.41 Å². The standard InChI is InChI=1S/C23H28ClN5O4/c1-13-26-17(15-6-5-14(24)9-16(15)27-21(33)22(2,3)4)10-20(32)29(13)11-19(31)28-23(7-8-23)18(25)12-30/h5-6,9-10,25,30H,7-8,11-12H2,1-4H3,(H,27,33)(H,28,31). The zero-order valence-corrected chi connectivity index (χ0v) is 19.8. The molecule has 1 heterocycles. The van der Waals surface area contributed by atoms with E-state index in [0.717, 1.165) is 0 Å². The Kier molecular flexibility index (Phi) is 6.76. The lowest BCUT2D eigenvalue weighted by molar-refractivity contribution is -0.123. The summed E-state index contributed by atoms with van der Waals surface area (Å²) in [6, 6.07) is 6.22. The van der Waals surface area contributed by atoms with Crippen molar-refractivity contribution in [2.75, 3.05) is 11.9 Å². The number of amides is 2. The number of nitrogens with one attached hydrogen (secondary N) is 3. The van der Waals surface area contributed by atoms with Gasteiger partial charge in [-0.15, -0.1) is 0 Å². The zero-order valence-electron chi connectivity index (χ0n) is 19.1. The van der Waals surface area contributed by atoms with E-state index in [1.54, 1.807) is 45.9 Å².